The molecule has 7 atom stereocenters. The maximum absolute atomic E-state index is 14.0. The summed E-state index contributed by atoms with van der Waals surface area (Å²) in [6.45, 7) is 2.07. The first-order chi connectivity index (χ1) is 18.8. The first-order valence-electron chi connectivity index (χ1n) is 14.1. The minimum absolute atomic E-state index is 0.0123. The lowest BCUT2D eigenvalue weighted by molar-refractivity contribution is -0.193. The number of anilines is 1. The lowest BCUT2D eigenvalue weighted by Gasteiger charge is -2.52. The van der Waals surface area contributed by atoms with E-state index in [4.69, 9.17) is 0 Å². The number of ketones is 3. The normalized spacial score (nSPS) is 33.8. The summed E-state index contributed by atoms with van der Waals surface area (Å²) in [5.41, 5.74) is -0.533. The summed E-state index contributed by atoms with van der Waals surface area (Å²) in [7, 11) is 5.59. The van der Waals surface area contributed by atoms with E-state index >= 15 is 0 Å². The number of likely N-dealkylation sites (tertiary alicyclic amines) is 1. The van der Waals surface area contributed by atoms with Gasteiger partial charge in [0.05, 0.1) is 23.6 Å². The number of phenols is 1. The first-order valence-corrected chi connectivity index (χ1v) is 14.1. The van der Waals surface area contributed by atoms with E-state index in [-0.39, 0.29) is 54.4 Å². The first kappa shape index (κ1) is 28.7. The zero-order valence-electron chi connectivity index (χ0n) is 23.6. The summed E-state index contributed by atoms with van der Waals surface area (Å²) in [6, 6.07) is 1.67. The molecule has 5 rings (SSSR count). The van der Waals surface area contributed by atoms with Gasteiger partial charge in [-0.25, -0.2) is 0 Å². The van der Waals surface area contributed by atoms with Crippen LogP contribution in [0.2, 0.25) is 0 Å². The summed E-state index contributed by atoms with van der Waals surface area (Å²) in [6.07, 6.45) is -0.270. The fourth-order valence-corrected chi connectivity index (χ4v) is 7.71. The van der Waals surface area contributed by atoms with E-state index in [1.54, 1.807) is 0 Å². The van der Waals surface area contributed by atoms with Gasteiger partial charge in [-0.05, 0) is 82.2 Å². The molecule has 1 aliphatic heterocycles. The van der Waals surface area contributed by atoms with Crippen molar-refractivity contribution in [3.8, 4) is 5.75 Å². The van der Waals surface area contributed by atoms with Crippen molar-refractivity contribution in [2.75, 3.05) is 32.6 Å². The number of hydrogen-bond donors (Lipinski definition) is 5. The van der Waals surface area contributed by atoms with Crippen molar-refractivity contribution in [2.24, 2.45) is 17.8 Å². The second-order valence-corrected chi connectivity index (χ2v) is 12.4. The van der Waals surface area contributed by atoms with Crippen LogP contribution in [-0.4, -0.2) is 99.3 Å². The number of phenolic OH excluding ortho intramolecular Hbond substituents is 1. The average molecular weight is 557 g/mol. The van der Waals surface area contributed by atoms with Gasteiger partial charge in [-0.3, -0.25) is 19.3 Å². The monoisotopic (exact) mass is 556 g/mol. The van der Waals surface area contributed by atoms with Gasteiger partial charge in [0.2, 0.25) is 0 Å². The van der Waals surface area contributed by atoms with Crippen LogP contribution < -0.4 is 4.90 Å². The summed E-state index contributed by atoms with van der Waals surface area (Å²) in [5.74, 6) is -4.60. The predicted octanol–water partition coefficient (Wildman–Crippen LogP) is 1.30. The second kappa shape index (κ2) is 10.2. The molecule has 0 bridgehead atoms. The number of aliphatic hydroxyl groups is 4. The second-order valence-electron chi connectivity index (χ2n) is 12.4. The fourth-order valence-electron chi connectivity index (χ4n) is 7.71. The van der Waals surface area contributed by atoms with Crippen LogP contribution in [-0.2, 0) is 22.4 Å². The van der Waals surface area contributed by atoms with Crippen molar-refractivity contribution in [2.45, 2.75) is 75.7 Å². The Hall–Kier alpha value is -2.79. The zero-order chi connectivity index (χ0) is 29.3. The van der Waals surface area contributed by atoms with Crippen molar-refractivity contribution >= 4 is 23.0 Å². The Bertz CT molecular complexity index is 1290. The molecule has 10 heteroatoms. The summed E-state index contributed by atoms with van der Waals surface area (Å²) in [4.78, 5) is 43.0. The molecule has 0 aromatic heterocycles. The molecule has 40 heavy (non-hydrogen) atoms. The molecule has 1 aromatic rings. The van der Waals surface area contributed by atoms with E-state index in [1.165, 1.54) is 6.92 Å². The van der Waals surface area contributed by atoms with Crippen LogP contribution >= 0.6 is 0 Å². The van der Waals surface area contributed by atoms with Gasteiger partial charge in [0, 0.05) is 37.7 Å². The Balaban J connectivity index is 1.55. The largest absolute Gasteiger partial charge is 0.509 e. The lowest BCUT2D eigenvalue weighted by Crippen LogP contribution is -2.64. The van der Waals surface area contributed by atoms with Crippen molar-refractivity contribution in [1.29, 1.82) is 0 Å². The fraction of sp³-hybridized carbons (Fsp3) is 0.633. The molecule has 3 aliphatic carbocycles. The Kier molecular flexibility index (Phi) is 7.35. The number of fused-ring (bicyclic) bond motifs is 3. The smallest absolute Gasteiger partial charge is 0.196 e. The number of nitrogens with zero attached hydrogens (tertiary/aromatic N) is 2. The quantitative estimate of drug-likeness (QED) is 0.346. The molecule has 4 unspecified atom stereocenters. The number of allylic oxidation sites excluding steroid dienone is 1. The number of carbonyl (C=O) groups is 3. The van der Waals surface area contributed by atoms with Crippen LogP contribution in [0.1, 0.15) is 60.5 Å². The molecule has 2 fully saturated rings. The third-order valence-corrected chi connectivity index (χ3v) is 9.83. The molecular weight excluding hydrogens is 516 g/mol. The highest BCUT2D eigenvalue weighted by Gasteiger charge is 2.61. The van der Waals surface area contributed by atoms with Gasteiger partial charge in [0.1, 0.15) is 29.2 Å². The van der Waals surface area contributed by atoms with Gasteiger partial charge in [-0.1, -0.05) is 0 Å². The van der Waals surface area contributed by atoms with Gasteiger partial charge in [0.25, 0.3) is 0 Å². The summed E-state index contributed by atoms with van der Waals surface area (Å²) >= 11 is 0. The van der Waals surface area contributed by atoms with Gasteiger partial charge >= 0.3 is 0 Å². The third-order valence-electron chi connectivity index (χ3n) is 9.83. The molecule has 0 radical (unpaired) electrons. The highest BCUT2D eigenvalue weighted by atomic mass is 16.4. The molecular formula is C30H40N2O8. The zero-order valence-corrected chi connectivity index (χ0v) is 23.6. The van der Waals surface area contributed by atoms with Crippen LogP contribution in [0.5, 0.6) is 5.75 Å². The highest BCUT2D eigenvalue weighted by Crippen LogP contribution is 2.54. The van der Waals surface area contributed by atoms with Crippen LogP contribution in [0, 0.1) is 17.8 Å². The summed E-state index contributed by atoms with van der Waals surface area (Å²) in [5, 5.41) is 56.0. The van der Waals surface area contributed by atoms with Crippen molar-refractivity contribution < 1.29 is 39.9 Å². The summed E-state index contributed by atoms with van der Waals surface area (Å²) < 4.78 is 0. The number of aryl methyl sites for hydroxylation is 1. The van der Waals surface area contributed by atoms with E-state index in [1.807, 2.05) is 37.0 Å². The molecule has 1 aromatic carbocycles. The van der Waals surface area contributed by atoms with Gasteiger partial charge in [-0.15, -0.1) is 0 Å². The van der Waals surface area contributed by atoms with Gasteiger partial charge in [-0.2, -0.15) is 0 Å². The van der Waals surface area contributed by atoms with Crippen LogP contribution in [0.4, 0.5) is 5.69 Å². The van der Waals surface area contributed by atoms with E-state index < -0.39 is 52.9 Å². The minimum Gasteiger partial charge on any atom is -0.509 e. The van der Waals surface area contributed by atoms with Crippen LogP contribution in [0.15, 0.2) is 17.4 Å². The number of carbonyl (C=O) groups excluding carboxylic acids is 3. The van der Waals surface area contributed by atoms with Crippen molar-refractivity contribution in [3.05, 3.63) is 34.1 Å². The molecule has 0 spiro atoms. The number of likely N-dealkylation sites (N-methyl/N-ethyl adjacent to an activating group) is 1. The number of aromatic hydroxyl groups is 1. The SMILES string of the molecule is CC(=O)C1C(O)C[C@@H]2C[C@@H]3Cc4c(N(C)C)cc(CCC(=O)C5CCCN5C)c(O)c4C(=O)C3=C(O)[C@]2(O)C1O. The number of hydrogen-bond acceptors (Lipinski definition) is 10. The van der Waals surface area contributed by atoms with Crippen LogP contribution in [0.25, 0.3) is 0 Å². The molecule has 1 saturated carbocycles. The van der Waals surface area contributed by atoms with Crippen LogP contribution in [0.3, 0.4) is 0 Å². The Morgan fingerprint density at radius 1 is 1.18 bits per heavy atom. The maximum Gasteiger partial charge on any atom is 0.196 e. The van der Waals surface area contributed by atoms with E-state index in [9.17, 15) is 39.9 Å². The predicted molar refractivity (Wildman–Crippen MR) is 146 cm³/mol. The molecule has 218 valence electrons. The van der Waals surface area contributed by atoms with Crippen molar-refractivity contribution in [1.82, 2.24) is 4.90 Å². The number of Topliss-reactive ketones (excluding diaryl/α,β-unsaturated/α-hetero) is 3. The molecule has 1 heterocycles. The van der Waals surface area contributed by atoms with E-state index in [0.717, 1.165) is 25.1 Å². The van der Waals surface area contributed by atoms with E-state index in [2.05, 4.69) is 0 Å². The Labute approximate surface area is 233 Å². The Morgan fingerprint density at radius 2 is 1.88 bits per heavy atom. The molecule has 1 saturated heterocycles. The third kappa shape index (κ3) is 4.27. The molecule has 10 nitrogen and oxygen atoms in total. The number of benzene rings is 1. The van der Waals surface area contributed by atoms with Gasteiger partial charge < -0.3 is 30.4 Å². The highest BCUT2D eigenvalue weighted by molar-refractivity contribution is 6.14. The standard InChI is InChI=1S/C30H40N2O8/c1-14(33)23-22(35)13-17-10-16-11-18-20(31(2)3)12-15(7-8-21(34)19-6-5-9-32(19)4)26(36)25(18)27(37)24(16)29(39)30(17,40)28(23)38/h12,16-17,19,22-23,28,35-36,38-40H,5-11,13H2,1-4H3/t16-,17+,19?,22?,23?,28?,30-/m1/s1. The maximum atomic E-state index is 14.0. The number of aliphatic hydroxyl groups excluding tert-OH is 3. The molecule has 5 N–H and O–H groups in total. The minimum atomic E-state index is -2.27. The molecule has 0 amide bonds. The van der Waals surface area contributed by atoms with Gasteiger partial charge in [0.15, 0.2) is 11.4 Å². The lowest BCUT2D eigenvalue weighted by atomic mass is 9.57. The Morgan fingerprint density at radius 3 is 2.48 bits per heavy atom. The van der Waals surface area contributed by atoms with E-state index in [0.29, 0.717) is 17.5 Å². The molecule has 4 aliphatic rings. The average Bonchev–Trinajstić information content (AvgIpc) is 3.31. The van der Waals surface area contributed by atoms with Crippen molar-refractivity contribution in [3.63, 3.8) is 0 Å². The number of rotatable bonds is 6. The topological polar surface area (TPSA) is 159 Å².